The van der Waals surface area contributed by atoms with Crippen molar-refractivity contribution in [2.45, 2.75) is 13.2 Å². The summed E-state index contributed by atoms with van der Waals surface area (Å²) in [6.45, 7) is 0.340. The minimum Gasteiger partial charge on any atom is -0.395 e. The quantitative estimate of drug-likeness (QED) is 0.366. The standard InChI is InChI=1S/C7H16O5/c1-2-12-6(11)7(3-8,4-9)5-10/h6,8-11H,2-5H2,1H3. The van der Waals surface area contributed by atoms with Gasteiger partial charge in [-0.2, -0.15) is 0 Å². The molecular weight excluding hydrogens is 164 g/mol. The van der Waals surface area contributed by atoms with Gasteiger partial charge in [-0.25, -0.2) is 0 Å². The van der Waals surface area contributed by atoms with Crippen LogP contribution in [0.2, 0.25) is 0 Å². The van der Waals surface area contributed by atoms with Gasteiger partial charge in [0, 0.05) is 6.61 Å². The molecular formula is C7H16O5. The van der Waals surface area contributed by atoms with Crippen molar-refractivity contribution in [1.82, 2.24) is 0 Å². The van der Waals surface area contributed by atoms with Crippen LogP contribution >= 0.6 is 0 Å². The summed E-state index contributed by atoms with van der Waals surface area (Å²) in [5.74, 6) is 0. The van der Waals surface area contributed by atoms with E-state index >= 15 is 0 Å². The first-order valence-electron chi connectivity index (χ1n) is 3.79. The molecule has 0 saturated carbocycles. The lowest BCUT2D eigenvalue weighted by molar-refractivity contribution is -0.209. The summed E-state index contributed by atoms with van der Waals surface area (Å²) in [7, 11) is 0. The fourth-order valence-corrected chi connectivity index (χ4v) is 0.719. The van der Waals surface area contributed by atoms with Crippen LogP contribution in [-0.4, -0.2) is 53.1 Å². The van der Waals surface area contributed by atoms with Crippen molar-refractivity contribution in [3.8, 4) is 0 Å². The Hall–Kier alpha value is -0.200. The van der Waals surface area contributed by atoms with E-state index in [0.717, 1.165) is 0 Å². The summed E-state index contributed by atoms with van der Waals surface area (Å²) in [5.41, 5.74) is -1.37. The maximum Gasteiger partial charge on any atom is 0.166 e. The normalized spacial score (nSPS) is 14.8. The van der Waals surface area contributed by atoms with Gasteiger partial charge in [-0.05, 0) is 6.92 Å². The first-order valence-corrected chi connectivity index (χ1v) is 3.79. The van der Waals surface area contributed by atoms with E-state index in [1.165, 1.54) is 0 Å². The summed E-state index contributed by atoms with van der Waals surface area (Å²) >= 11 is 0. The monoisotopic (exact) mass is 180 g/mol. The summed E-state index contributed by atoms with van der Waals surface area (Å²) in [6.07, 6.45) is -1.34. The van der Waals surface area contributed by atoms with E-state index in [1.54, 1.807) is 6.92 Å². The molecule has 1 unspecified atom stereocenters. The molecule has 0 aromatic heterocycles. The third kappa shape index (κ3) is 2.40. The zero-order valence-electron chi connectivity index (χ0n) is 7.10. The average molecular weight is 180 g/mol. The molecule has 0 aliphatic carbocycles. The second kappa shape index (κ2) is 5.45. The molecule has 0 aromatic carbocycles. The zero-order chi connectivity index (χ0) is 9.61. The van der Waals surface area contributed by atoms with Crippen molar-refractivity contribution >= 4 is 0 Å². The molecule has 4 N–H and O–H groups in total. The first-order chi connectivity index (χ1) is 5.66. The van der Waals surface area contributed by atoms with Crippen LogP contribution in [-0.2, 0) is 4.74 Å². The largest absolute Gasteiger partial charge is 0.395 e. The van der Waals surface area contributed by atoms with Gasteiger partial charge in [0.2, 0.25) is 0 Å². The van der Waals surface area contributed by atoms with Crippen molar-refractivity contribution in [2.75, 3.05) is 26.4 Å². The van der Waals surface area contributed by atoms with Crippen LogP contribution in [0.3, 0.4) is 0 Å². The van der Waals surface area contributed by atoms with Crippen LogP contribution in [0.1, 0.15) is 6.92 Å². The molecule has 12 heavy (non-hydrogen) atoms. The van der Waals surface area contributed by atoms with Gasteiger partial charge in [0.05, 0.1) is 25.2 Å². The number of rotatable bonds is 6. The van der Waals surface area contributed by atoms with Crippen molar-refractivity contribution in [3.05, 3.63) is 0 Å². The predicted molar refractivity (Wildman–Crippen MR) is 41.3 cm³/mol. The lowest BCUT2D eigenvalue weighted by Gasteiger charge is -2.31. The van der Waals surface area contributed by atoms with Crippen LogP contribution in [0.4, 0.5) is 0 Å². The lowest BCUT2D eigenvalue weighted by atomic mass is 9.90. The maximum absolute atomic E-state index is 9.26. The third-order valence-corrected chi connectivity index (χ3v) is 1.79. The average Bonchev–Trinajstić information content (AvgIpc) is 2.09. The van der Waals surface area contributed by atoms with Gasteiger partial charge in [0.25, 0.3) is 0 Å². The van der Waals surface area contributed by atoms with Gasteiger partial charge in [-0.15, -0.1) is 0 Å². The second-order valence-electron chi connectivity index (χ2n) is 2.64. The summed E-state index contributed by atoms with van der Waals surface area (Å²) in [5, 5.41) is 35.7. The summed E-state index contributed by atoms with van der Waals surface area (Å²) < 4.78 is 4.76. The van der Waals surface area contributed by atoms with Gasteiger partial charge >= 0.3 is 0 Å². The highest BCUT2D eigenvalue weighted by molar-refractivity contribution is 4.79. The fourth-order valence-electron chi connectivity index (χ4n) is 0.719. The fraction of sp³-hybridized carbons (Fsp3) is 1.00. The minimum atomic E-state index is -1.37. The van der Waals surface area contributed by atoms with Crippen molar-refractivity contribution in [2.24, 2.45) is 5.41 Å². The van der Waals surface area contributed by atoms with Crippen molar-refractivity contribution in [1.29, 1.82) is 0 Å². The van der Waals surface area contributed by atoms with Crippen LogP contribution in [0.5, 0.6) is 0 Å². The molecule has 1 atom stereocenters. The number of hydrogen-bond donors (Lipinski definition) is 4. The minimum absolute atomic E-state index is 0.253. The van der Waals surface area contributed by atoms with Crippen molar-refractivity contribution in [3.63, 3.8) is 0 Å². The molecule has 0 fully saturated rings. The highest BCUT2D eigenvalue weighted by Crippen LogP contribution is 2.20. The molecule has 0 radical (unpaired) electrons. The molecule has 0 bridgehead atoms. The van der Waals surface area contributed by atoms with Gasteiger partial charge in [0.15, 0.2) is 6.29 Å². The van der Waals surface area contributed by atoms with E-state index in [2.05, 4.69) is 0 Å². The van der Waals surface area contributed by atoms with Crippen LogP contribution in [0, 0.1) is 5.41 Å². The topological polar surface area (TPSA) is 90.2 Å². The van der Waals surface area contributed by atoms with Gasteiger partial charge in [-0.1, -0.05) is 0 Å². The molecule has 5 heteroatoms. The highest BCUT2D eigenvalue weighted by atomic mass is 16.6. The van der Waals surface area contributed by atoms with Gasteiger partial charge in [-0.3, -0.25) is 0 Å². The Balaban J connectivity index is 4.24. The molecule has 74 valence electrons. The van der Waals surface area contributed by atoms with E-state index in [4.69, 9.17) is 20.1 Å². The Morgan fingerprint density at radius 1 is 1.17 bits per heavy atom. The third-order valence-electron chi connectivity index (χ3n) is 1.79. The Morgan fingerprint density at radius 3 is 1.83 bits per heavy atom. The molecule has 0 spiro atoms. The maximum atomic E-state index is 9.26. The second-order valence-corrected chi connectivity index (χ2v) is 2.64. The zero-order valence-corrected chi connectivity index (χ0v) is 7.10. The van der Waals surface area contributed by atoms with E-state index in [0.29, 0.717) is 0 Å². The predicted octanol–water partition coefficient (Wildman–Crippen LogP) is -1.70. The lowest BCUT2D eigenvalue weighted by Crippen LogP contribution is -2.46. The van der Waals surface area contributed by atoms with E-state index < -0.39 is 31.5 Å². The molecule has 5 nitrogen and oxygen atoms in total. The number of aliphatic hydroxyl groups is 4. The molecule has 0 amide bonds. The van der Waals surface area contributed by atoms with E-state index in [1.807, 2.05) is 0 Å². The molecule has 0 aromatic rings. The molecule has 0 saturated heterocycles. The SMILES string of the molecule is CCOC(O)C(CO)(CO)CO. The Labute approximate surface area is 71.2 Å². The Morgan fingerprint density at radius 2 is 1.58 bits per heavy atom. The van der Waals surface area contributed by atoms with E-state index in [9.17, 15) is 5.11 Å². The smallest absolute Gasteiger partial charge is 0.166 e. The molecule has 0 rings (SSSR count). The van der Waals surface area contributed by atoms with Crippen molar-refractivity contribution < 1.29 is 25.2 Å². The molecule has 0 heterocycles. The van der Waals surface area contributed by atoms with Gasteiger partial charge in [0.1, 0.15) is 0 Å². The van der Waals surface area contributed by atoms with Crippen LogP contribution < -0.4 is 0 Å². The van der Waals surface area contributed by atoms with Crippen LogP contribution in [0.25, 0.3) is 0 Å². The van der Waals surface area contributed by atoms with Crippen LogP contribution in [0.15, 0.2) is 0 Å². The Bertz CT molecular complexity index is 104. The summed E-state index contributed by atoms with van der Waals surface area (Å²) in [6, 6.07) is 0. The number of hydrogen-bond acceptors (Lipinski definition) is 5. The number of ether oxygens (including phenoxy) is 1. The molecule has 0 aliphatic rings. The van der Waals surface area contributed by atoms with E-state index in [-0.39, 0.29) is 6.61 Å². The highest BCUT2D eigenvalue weighted by Gasteiger charge is 2.37. The Kier molecular flexibility index (Phi) is 5.36. The first kappa shape index (κ1) is 11.8. The summed E-state index contributed by atoms with van der Waals surface area (Å²) in [4.78, 5) is 0. The molecule has 0 aliphatic heterocycles. The number of aliphatic hydroxyl groups excluding tert-OH is 4. The van der Waals surface area contributed by atoms with Gasteiger partial charge < -0.3 is 25.2 Å².